The van der Waals surface area contributed by atoms with Crippen molar-refractivity contribution in [3.05, 3.63) is 18.5 Å². The van der Waals surface area contributed by atoms with E-state index in [0.29, 0.717) is 5.25 Å². The number of hydrogen-bond donors (Lipinski definition) is 2. The van der Waals surface area contributed by atoms with Crippen LogP contribution < -0.4 is 11.1 Å². The molecule has 0 saturated carbocycles. The van der Waals surface area contributed by atoms with Gasteiger partial charge in [-0.2, -0.15) is 0 Å². The lowest BCUT2D eigenvalue weighted by Crippen LogP contribution is -2.10. The summed E-state index contributed by atoms with van der Waals surface area (Å²) in [5.74, 6) is 0. The summed E-state index contributed by atoms with van der Waals surface area (Å²) in [4.78, 5) is 5.12. The molecule has 3 N–H and O–H groups in total. The van der Waals surface area contributed by atoms with Gasteiger partial charge in [-0.1, -0.05) is 0 Å². The van der Waals surface area contributed by atoms with Gasteiger partial charge in [0.2, 0.25) is 0 Å². The van der Waals surface area contributed by atoms with E-state index >= 15 is 0 Å². The van der Waals surface area contributed by atoms with Crippen LogP contribution in [0.3, 0.4) is 0 Å². The van der Waals surface area contributed by atoms with Crippen LogP contribution in [-0.4, -0.2) is 23.3 Å². The largest absolute Gasteiger partial charge is 0.397 e. The number of thioether (sulfide) groups is 1. The highest BCUT2D eigenvalue weighted by molar-refractivity contribution is 8.00. The van der Waals surface area contributed by atoms with Crippen molar-refractivity contribution in [1.82, 2.24) is 10.3 Å². The van der Waals surface area contributed by atoms with E-state index in [2.05, 4.69) is 10.3 Å². The molecule has 1 atom stereocenters. The van der Waals surface area contributed by atoms with Crippen molar-refractivity contribution in [3.8, 4) is 0 Å². The third kappa shape index (κ3) is 2.14. The highest BCUT2D eigenvalue weighted by Gasteiger charge is 2.16. The van der Waals surface area contributed by atoms with E-state index in [-0.39, 0.29) is 0 Å². The number of nitrogens with one attached hydrogen (secondary N) is 1. The van der Waals surface area contributed by atoms with Crippen LogP contribution >= 0.6 is 11.8 Å². The molecular formula is C9H13N3S. The summed E-state index contributed by atoms with van der Waals surface area (Å²) in [6.45, 7) is 2.22. The second-order valence-electron chi connectivity index (χ2n) is 3.15. The molecule has 0 aromatic carbocycles. The number of pyridine rings is 1. The summed E-state index contributed by atoms with van der Waals surface area (Å²) < 4.78 is 0. The third-order valence-corrected chi connectivity index (χ3v) is 3.48. The summed E-state index contributed by atoms with van der Waals surface area (Å²) in [5.41, 5.74) is 6.59. The highest BCUT2D eigenvalue weighted by atomic mass is 32.2. The van der Waals surface area contributed by atoms with Crippen LogP contribution in [0, 0.1) is 0 Å². The Labute approximate surface area is 82.1 Å². The molecule has 0 spiro atoms. The van der Waals surface area contributed by atoms with E-state index in [1.165, 1.54) is 6.42 Å². The number of nitrogens with zero attached hydrogens (tertiary/aromatic N) is 1. The summed E-state index contributed by atoms with van der Waals surface area (Å²) >= 11 is 1.85. The predicted molar refractivity (Wildman–Crippen MR) is 55.8 cm³/mol. The molecule has 1 aliphatic heterocycles. The van der Waals surface area contributed by atoms with Crippen molar-refractivity contribution in [2.45, 2.75) is 16.6 Å². The summed E-state index contributed by atoms with van der Waals surface area (Å²) in [6, 6.07) is 1.98. The Kier molecular flexibility index (Phi) is 2.71. The van der Waals surface area contributed by atoms with E-state index in [4.69, 9.17) is 5.73 Å². The van der Waals surface area contributed by atoms with Gasteiger partial charge in [-0.05, 0) is 19.0 Å². The molecule has 4 heteroatoms. The van der Waals surface area contributed by atoms with Crippen molar-refractivity contribution in [1.29, 1.82) is 0 Å². The first kappa shape index (κ1) is 8.84. The van der Waals surface area contributed by atoms with E-state index in [1.807, 2.05) is 17.8 Å². The predicted octanol–water partition coefficient (Wildman–Crippen LogP) is 1.12. The van der Waals surface area contributed by atoms with Gasteiger partial charge in [-0.25, -0.2) is 0 Å². The number of nitrogens with two attached hydrogens (primary N) is 1. The van der Waals surface area contributed by atoms with Crippen LogP contribution in [0.5, 0.6) is 0 Å². The third-order valence-electron chi connectivity index (χ3n) is 2.12. The molecule has 0 radical (unpaired) electrons. The lowest BCUT2D eigenvalue weighted by atomic mass is 10.4. The zero-order valence-corrected chi connectivity index (χ0v) is 8.18. The van der Waals surface area contributed by atoms with E-state index < -0.39 is 0 Å². The molecule has 3 nitrogen and oxygen atoms in total. The lowest BCUT2D eigenvalue weighted by Gasteiger charge is -2.09. The molecule has 1 aromatic heterocycles. The first-order valence-electron chi connectivity index (χ1n) is 4.43. The molecule has 1 fully saturated rings. The molecule has 1 unspecified atom stereocenters. The van der Waals surface area contributed by atoms with Gasteiger partial charge >= 0.3 is 0 Å². The second kappa shape index (κ2) is 3.98. The number of aromatic nitrogens is 1. The SMILES string of the molecule is Nc1cnccc1SC1CCNC1. The van der Waals surface area contributed by atoms with Gasteiger partial charge in [0.1, 0.15) is 0 Å². The van der Waals surface area contributed by atoms with Crippen LogP contribution in [0.15, 0.2) is 23.4 Å². The summed E-state index contributed by atoms with van der Waals surface area (Å²) in [6.07, 6.45) is 4.73. The summed E-state index contributed by atoms with van der Waals surface area (Å²) in [5, 5.41) is 4.01. The molecule has 2 heterocycles. The second-order valence-corrected chi connectivity index (χ2v) is 4.49. The van der Waals surface area contributed by atoms with Crippen LogP contribution in [-0.2, 0) is 0 Å². The number of rotatable bonds is 2. The molecule has 13 heavy (non-hydrogen) atoms. The van der Waals surface area contributed by atoms with Crippen LogP contribution in [0.4, 0.5) is 5.69 Å². The maximum absolute atomic E-state index is 5.79. The minimum atomic E-state index is 0.671. The topological polar surface area (TPSA) is 50.9 Å². The number of anilines is 1. The minimum absolute atomic E-state index is 0.671. The van der Waals surface area contributed by atoms with Gasteiger partial charge in [0.15, 0.2) is 0 Å². The molecule has 1 aliphatic rings. The standard InChI is InChI=1S/C9H13N3S/c10-8-6-12-4-2-9(8)13-7-1-3-11-5-7/h2,4,6-7,11H,1,3,5,10H2. The van der Waals surface area contributed by atoms with E-state index in [1.54, 1.807) is 12.4 Å². The zero-order chi connectivity index (χ0) is 9.10. The Hall–Kier alpha value is -0.740. The maximum atomic E-state index is 5.79. The average molecular weight is 195 g/mol. The normalized spacial score (nSPS) is 22.0. The molecular weight excluding hydrogens is 182 g/mol. The van der Waals surface area contributed by atoms with Crippen molar-refractivity contribution in [2.75, 3.05) is 18.8 Å². The fraction of sp³-hybridized carbons (Fsp3) is 0.444. The molecule has 1 saturated heterocycles. The van der Waals surface area contributed by atoms with Crippen molar-refractivity contribution < 1.29 is 0 Å². The summed E-state index contributed by atoms with van der Waals surface area (Å²) in [7, 11) is 0. The molecule has 1 aromatic rings. The first-order valence-corrected chi connectivity index (χ1v) is 5.31. The molecule has 2 rings (SSSR count). The van der Waals surface area contributed by atoms with E-state index in [9.17, 15) is 0 Å². The van der Waals surface area contributed by atoms with Crippen LogP contribution in [0.2, 0.25) is 0 Å². The quantitative estimate of drug-likeness (QED) is 0.742. The fourth-order valence-corrected chi connectivity index (χ4v) is 2.53. The highest BCUT2D eigenvalue weighted by Crippen LogP contribution is 2.30. The Morgan fingerprint density at radius 2 is 2.54 bits per heavy atom. The van der Waals surface area contributed by atoms with Gasteiger partial charge in [-0.3, -0.25) is 4.98 Å². The average Bonchev–Trinajstić information content (AvgIpc) is 2.61. The van der Waals surface area contributed by atoms with Gasteiger partial charge in [0.05, 0.1) is 11.9 Å². The zero-order valence-electron chi connectivity index (χ0n) is 7.36. The molecule has 0 aliphatic carbocycles. The van der Waals surface area contributed by atoms with Gasteiger partial charge in [0, 0.05) is 22.9 Å². The molecule has 70 valence electrons. The van der Waals surface area contributed by atoms with Crippen molar-refractivity contribution in [3.63, 3.8) is 0 Å². The van der Waals surface area contributed by atoms with Gasteiger partial charge in [-0.15, -0.1) is 11.8 Å². The number of nitrogen functional groups attached to an aromatic ring is 1. The van der Waals surface area contributed by atoms with Gasteiger partial charge < -0.3 is 11.1 Å². The monoisotopic (exact) mass is 195 g/mol. The smallest absolute Gasteiger partial charge is 0.0638 e. The Bertz CT molecular complexity index is 284. The minimum Gasteiger partial charge on any atom is -0.397 e. The molecule has 0 amide bonds. The Morgan fingerprint density at radius 1 is 1.62 bits per heavy atom. The van der Waals surface area contributed by atoms with Crippen LogP contribution in [0.25, 0.3) is 0 Å². The first-order chi connectivity index (χ1) is 6.36. The number of hydrogen-bond acceptors (Lipinski definition) is 4. The van der Waals surface area contributed by atoms with Crippen molar-refractivity contribution >= 4 is 17.4 Å². The molecule has 0 bridgehead atoms. The lowest BCUT2D eigenvalue weighted by molar-refractivity contribution is 0.858. The van der Waals surface area contributed by atoms with E-state index in [0.717, 1.165) is 23.7 Å². The van der Waals surface area contributed by atoms with Crippen LogP contribution in [0.1, 0.15) is 6.42 Å². The van der Waals surface area contributed by atoms with Gasteiger partial charge in [0.25, 0.3) is 0 Å². The fourth-order valence-electron chi connectivity index (χ4n) is 1.41. The Morgan fingerprint density at radius 3 is 3.23 bits per heavy atom. The Balaban J connectivity index is 2.04. The maximum Gasteiger partial charge on any atom is 0.0638 e. The van der Waals surface area contributed by atoms with Crippen molar-refractivity contribution in [2.24, 2.45) is 0 Å².